The van der Waals surface area contributed by atoms with Gasteiger partial charge in [-0.3, -0.25) is 0 Å². The predicted octanol–water partition coefficient (Wildman–Crippen LogP) is 6.90. The van der Waals surface area contributed by atoms with E-state index in [0.29, 0.717) is 12.0 Å². The molecule has 0 saturated carbocycles. The summed E-state index contributed by atoms with van der Waals surface area (Å²) in [4.78, 5) is 0.758. The first-order valence-electron chi connectivity index (χ1n) is 5.88. The Morgan fingerprint density at radius 3 is 2.32 bits per heavy atom. The summed E-state index contributed by atoms with van der Waals surface area (Å²) < 4.78 is 28.5. The lowest BCUT2D eigenvalue weighted by Gasteiger charge is -2.22. The van der Waals surface area contributed by atoms with Crippen LogP contribution in [-0.2, 0) is 0 Å². The molecule has 0 aromatic carbocycles. The topological polar surface area (TPSA) is 0 Å². The fourth-order valence-corrected chi connectivity index (χ4v) is 3.69. The van der Waals surface area contributed by atoms with Gasteiger partial charge >= 0.3 is 0 Å². The summed E-state index contributed by atoms with van der Waals surface area (Å²) in [5.74, 6) is -1.56. The minimum atomic E-state index is -0.790. The van der Waals surface area contributed by atoms with E-state index in [-0.39, 0.29) is 8.64 Å². The van der Waals surface area contributed by atoms with Crippen LogP contribution in [0.1, 0.15) is 34.1 Å². The van der Waals surface area contributed by atoms with Crippen molar-refractivity contribution in [1.29, 1.82) is 0 Å². The lowest BCUT2D eigenvalue weighted by atomic mass is 9.92. The molecule has 0 saturated heterocycles. The first-order chi connectivity index (χ1) is 8.79. The van der Waals surface area contributed by atoms with Gasteiger partial charge in [-0.2, -0.15) is 0 Å². The third kappa shape index (κ3) is 4.05. The summed E-state index contributed by atoms with van der Waals surface area (Å²) in [6.07, 6.45) is 2.22. The number of rotatable bonds is 3. The highest BCUT2D eigenvalue weighted by Crippen LogP contribution is 2.46. The first-order valence-corrected chi connectivity index (χ1v) is 8.46. The molecule has 0 N–H and O–H groups in total. The van der Waals surface area contributed by atoms with Gasteiger partial charge in [-0.05, 0) is 33.3 Å². The zero-order valence-electron chi connectivity index (χ0n) is 11.3. The van der Waals surface area contributed by atoms with E-state index in [9.17, 15) is 8.78 Å². The van der Waals surface area contributed by atoms with Gasteiger partial charge in [0, 0.05) is 21.4 Å². The van der Waals surface area contributed by atoms with Gasteiger partial charge in [0.1, 0.15) is 0 Å². The van der Waals surface area contributed by atoms with Crippen LogP contribution in [0.25, 0.3) is 0 Å². The van der Waals surface area contributed by atoms with E-state index in [1.165, 1.54) is 11.8 Å². The van der Waals surface area contributed by atoms with Gasteiger partial charge in [0.15, 0.2) is 11.7 Å². The molecule has 5 heteroatoms. The number of hydrogen-bond donors (Lipinski definition) is 0. The maximum absolute atomic E-state index is 14.3. The first kappa shape index (κ1) is 17.2. The van der Waals surface area contributed by atoms with Gasteiger partial charge in [-0.15, -0.1) is 11.8 Å². The van der Waals surface area contributed by atoms with Crippen molar-refractivity contribution >= 4 is 43.6 Å². The van der Waals surface area contributed by atoms with Crippen molar-refractivity contribution in [2.75, 3.05) is 0 Å². The highest BCUT2D eigenvalue weighted by Gasteiger charge is 2.28. The van der Waals surface area contributed by atoms with Gasteiger partial charge in [0.05, 0.1) is 4.16 Å². The molecule has 1 unspecified atom stereocenters. The second-order valence-electron chi connectivity index (χ2n) is 4.38. The molecular weight excluding hydrogens is 398 g/mol. The number of thioether (sulfide) groups is 1. The number of halogens is 4. The quantitative estimate of drug-likeness (QED) is 0.453. The standard InChI is InChI=1S/C14H16Br2F2S/c1-5-11(19-8(4)15)12-9(7(2)3)6-10(16)13(17)14(12)18/h5,8H,6H2,1-4H3/b11-5-. The third-order valence-corrected chi connectivity index (χ3v) is 4.89. The molecule has 0 heterocycles. The molecular formula is C14H16Br2F2S. The highest BCUT2D eigenvalue weighted by molar-refractivity contribution is 9.11. The summed E-state index contributed by atoms with van der Waals surface area (Å²) >= 11 is 8.02. The molecule has 1 aliphatic rings. The fraction of sp³-hybridized carbons (Fsp3) is 0.429. The Hall–Kier alpha value is 0.130. The van der Waals surface area contributed by atoms with E-state index in [4.69, 9.17) is 0 Å². The maximum atomic E-state index is 14.3. The second kappa shape index (κ2) is 7.23. The zero-order valence-corrected chi connectivity index (χ0v) is 15.3. The molecule has 0 aliphatic heterocycles. The molecule has 0 fully saturated rings. The average Bonchev–Trinajstić information content (AvgIpc) is 2.32. The van der Waals surface area contributed by atoms with Crippen molar-refractivity contribution in [3.8, 4) is 0 Å². The van der Waals surface area contributed by atoms with Crippen molar-refractivity contribution in [3.05, 3.63) is 43.8 Å². The molecule has 19 heavy (non-hydrogen) atoms. The highest BCUT2D eigenvalue weighted by atomic mass is 79.9. The molecule has 0 spiro atoms. The van der Waals surface area contributed by atoms with E-state index < -0.39 is 11.7 Å². The minimum absolute atomic E-state index is 0.134. The van der Waals surface area contributed by atoms with Crippen LogP contribution in [0.5, 0.6) is 0 Å². The van der Waals surface area contributed by atoms with Crippen molar-refractivity contribution in [2.45, 2.75) is 38.3 Å². The van der Waals surface area contributed by atoms with E-state index in [1.54, 1.807) is 0 Å². The number of alkyl halides is 1. The Kier molecular flexibility index (Phi) is 6.54. The Labute approximate surface area is 134 Å². The van der Waals surface area contributed by atoms with Crippen LogP contribution in [0.15, 0.2) is 43.8 Å². The summed E-state index contributed by atoms with van der Waals surface area (Å²) in [5.41, 5.74) is 2.23. The van der Waals surface area contributed by atoms with Gasteiger partial charge < -0.3 is 0 Å². The Bertz CT molecular complexity index is 496. The molecule has 0 aromatic heterocycles. The molecule has 1 aliphatic carbocycles. The van der Waals surface area contributed by atoms with Crippen LogP contribution in [-0.4, -0.2) is 4.16 Å². The monoisotopic (exact) mass is 412 g/mol. The van der Waals surface area contributed by atoms with Crippen LogP contribution in [0, 0.1) is 0 Å². The Balaban J connectivity index is 3.43. The van der Waals surface area contributed by atoms with Crippen LogP contribution in [0.2, 0.25) is 0 Å². The van der Waals surface area contributed by atoms with E-state index >= 15 is 0 Å². The smallest absolute Gasteiger partial charge is 0.169 e. The molecule has 106 valence electrons. The van der Waals surface area contributed by atoms with Crippen LogP contribution in [0.4, 0.5) is 8.78 Å². The molecule has 0 amide bonds. The Morgan fingerprint density at radius 1 is 1.32 bits per heavy atom. The number of hydrogen-bond acceptors (Lipinski definition) is 1. The maximum Gasteiger partial charge on any atom is 0.169 e. The molecule has 0 nitrogen and oxygen atoms in total. The molecule has 1 rings (SSSR count). The van der Waals surface area contributed by atoms with Crippen molar-refractivity contribution in [1.82, 2.24) is 0 Å². The lowest BCUT2D eigenvalue weighted by Crippen LogP contribution is -2.06. The fourth-order valence-electron chi connectivity index (χ4n) is 1.81. The van der Waals surface area contributed by atoms with Crippen molar-refractivity contribution in [2.24, 2.45) is 0 Å². The SMILES string of the molecule is C/C=C(\SC(C)Br)C1=C(F)C(F)=C(Br)CC1=C(C)C. The summed E-state index contributed by atoms with van der Waals surface area (Å²) in [5, 5.41) is 0. The summed E-state index contributed by atoms with van der Waals surface area (Å²) in [6.45, 7) is 7.63. The second-order valence-corrected chi connectivity index (χ2v) is 8.70. The molecule has 0 aromatic rings. The van der Waals surface area contributed by atoms with Crippen LogP contribution < -0.4 is 0 Å². The summed E-state index contributed by atoms with van der Waals surface area (Å²) in [7, 11) is 0. The van der Waals surface area contributed by atoms with Crippen molar-refractivity contribution in [3.63, 3.8) is 0 Å². The lowest BCUT2D eigenvalue weighted by molar-refractivity contribution is 0.530. The van der Waals surface area contributed by atoms with Crippen LogP contribution >= 0.6 is 43.6 Å². The predicted molar refractivity (Wildman–Crippen MR) is 87.9 cm³/mol. The molecule has 1 atom stereocenters. The zero-order chi connectivity index (χ0) is 14.7. The van der Waals surface area contributed by atoms with E-state index in [2.05, 4.69) is 31.9 Å². The minimum Gasteiger partial charge on any atom is -0.203 e. The average molecular weight is 414 g/mol. The largest absolute Gasteiger partial charge is 0.203 e. The van der Waals surface area contributed by atoms with Gasteiger partial charge in [0.25, 0.3) is 0 Å². The summed E-state index contributed by atoms with van der Waals surface area (Å²) in [6, 6.07) is 0. The van der Waals surface area contributed by atoms with Gasteiger partial charge in [-0.25, -0.2) is 8.78 Å². The molecule has 0 bridgehead atoms. The van der Waals surface area contributed by atoms with Gasteiger partial charge in [0.2, 0.25) is 0 Å². The van der Waals surface area contributed by atoms with E-state index in [1.807, 2.05) is 33.8 Å². The molecule has 0 radical (unpaired) electrons. The van der Waals surface area contributed by atoms with Crippen LogP contribution in [0.3, 0.4) is 0 Å². The third-order valence-electron chi connectivity index (χ3n) is 2.69. The van der Waals surface area contributed by atoms with Gasteiger partial charge in [-0.1, -0.05) is 43.5 Å². The normalized spacial score (nSPS) is 19.2. The van der Waals surface area contributed by atoms with E-state index in [0.717, 1.165) is 16.1 Å². The Morgan fingerprint density at radius 2 is 1.89 bits per heavy atom. The number of allylic oxidation sites excluding steroid dienone is 7. The van der Waals surface area contributed by atoms with Crippen molar-refractivity contribution < 1.29 is 8.78 Å².